The van der Waals surface area contributed by atoms with Crippen LogP contribution in [0.3, 0.4) is 0 Å². The van der Waals surface area contributed by atoms with Crippen LogP contribution in [-0.2, 0) is 0 Å². The molecule has 1 N–H and O–H groups in total. The molecule has 102 valence electrons. The van der Waals surface area contributed by atoms with Gasteiger partial charge in [-0.25, -0.2) is 9.82 Å². The van der Waals surface area contributed by atoms with E-state index in [1.54, 1.807) is 6.92 Å². The van der Waals surface area contributed by atoms with E-state index in [4.69, 9.17) is 0 Å². The van der Waals surface area contributed by atoms with Crippen molar-refractivity contribution < 1.29 is 9.18 Å². The Morgan fingerprint density at radius 1 is 1.15 bits per heavy atom. The highest BCUT2D eigenvalue weighted by Gasteiger charge is 2.05. The first kappa shape index (κ1) is 14.4. The van der Waals surface area contributed by atoms with Gasteiger partial charge in [-0.2, -0.15) is 5.10 Å². The second kappa shape index (κ2) is 6.43. The highest BCUT2D eigenvalue weighted by Crippen LogP contribution is 2.12. The Bertz CT molecular complexity index is 653. The molecular formula is C15H12BrFN2O. The summed E-state index contributed by atoms with van der Waals surface area (Å²) >= 11 is 3.38. The van der Waals surface area contributed by atoms with Crippen LogP contribution in [0, 0.1) is 5.82 Å². The first-order valence-corrected chi connectivity index (χ1v) is 6.72. The van der Waals surface area contributed by atoms with E-state index in [0.717, 1.165) is 10.0 Å². The Kier molecular flexibility index (Phi) is 4.63. The Balaban J connectivity index is 2.08. The first-order valence-electron chi connectivity index (χ1n) is 5.92. The van der Waals surface area contributed by atoms with Gasteiger partial charge < -0.3 is 0 Å². The maximum absolute atomic E-state index is 12.8. The topological polar surface area (TPSA) is 41.5 Å². The largest absolute Gasteiger partial charge is 0.271 e. The van der Waals surface area contributed by atoms with Crippen LogP contribution in [-0.4, -0.2) is 11.6 Å². The van der Waals surface area contributed by atoms with Gasteiger partial charge in [-0.1, -0.05) is 28.1 Å². The summed E-state index contributed by atoms with van der Waals surface area (Å²) in [5.74, 6) is -0.755. The van der Waals surface area contributed by atoms with Gasteiger partial charge >= 0.3 is 0 Å². The van der Waals surface area contributed by atoms with Crippen LogP contribution in [0.2, 0.25) is 0 Å². The second-order valence-corrected chi connectivity index (χ2v) is 5.07. The summed E-state index contributed by atoms with van der Waals surface area (Å²) < 4.78 is 13.7. The zero-order valence-corrected chi connectivity index (χ0v) is 12.3. The lowest BCUT2D eigenvalue weighted by Crippen LogP contribution is -2.19. The van der Waals surface area contributed by atoms with Crippen molar-refractivity contribution in [2.45, 2.75) is 6.92 Å². The molecule has 2 aromatic carbocycles. The van der Waals surface area contributed by atoms with Crippen molar-refractivity contribution in [2.75, 3.05) is 0 Å². The number of hydrazone groups is 1. The molecule has 0 aliphatic carbocycles. The highest BCUT2D eigenvalue weighted by atomic mass is 79.9. The average Bonchev–Trinajstić information content (AvgIpc) is 2.45. The molecule has 5 heteroatoms. The maximum Gasteiger partial charge on any atom is 0.271 e. The SMILES string of the molecule is C/C(=N\NC(=O)c1ccc(F)cc1)c1cccc(Br)c1. The minimum absolute atomic E-state index is 0.359. The van der Waals surface area contributed by atoms with E-state index < -0.39 is 0 Å². The molecule has 2 aromatic rings. The molecule has 3 nitrogen and oxygen atoms in total. The second-order valence-electron chi connectivity index (χ2n) is 4.16. The van der Waals surface area contributed by atoms with Gasteiger partial charge in [-0.3, -0.25) is 4.79 Å². The molecule has 0 bridgehead atoms. The fourth-order valence-electron chi connectivity index (χ4n) is 1.58. The molecule has 0 spiro atoms. The van der Waals surface area contributed by atoms with Crippen LogP contribution in [0.5, 0.6) is 0 Å². The van der Waals surface area contributed by atoms with Crippen molar-refractivity contribution in [3.05, 3.63) is 69.9 Å². The van der Waals surface area contributed by atoms with Crippen molar-refractivity contribution in [3.63, 3.8) is 0 Å². The number of nitrogens with zero attached hydrogens (tertiary/aromatic N) is 1. The van der Waals surface area contributed by atoms with Crippen molar-refractivity contribution in [1.82, 2.24) is 5.43 Å². The number of benzene rings is 2. The van der Waals surface area contributed by atoms with Crippen molar-refractivity contribution >= 4 is 27.5 Å². The zero-order valence-electron chi connectivity index (χ0n) is 10.7. The van der Waals surface area contributed by atoms with Gasteiger partial charge in [0.2, 0.25) is 0 Å². The normalized spacial score (nSPS) is 11.2. The smallest absolute Gasteiger partial charge is 0.267 e. The molecule has 0 saturated carbocycles. The van der Waals surface area contributed by atoms with Crippen molar-refractivity contribution in [3.8, 4) is 0 Å². The lowest BCUT2D eigenvalue weighted by atomic mass is 10.1. The zero-order chi connectivity index (χ0) is 14.5. The Morgan fingerprint density at radius 3 is 2.50 bits per heavy atom. The number of carbonyl (C=O) groups is 1. The van der Waals surface area contributed by atoms with Gasteiger partial charge in [0.05, 0.1) is 5.71 Å². The number of hydrogen-bond donors (Lipinski definition) is 1. The fourth-order valence-corrected chi connectivity index (χ4v) is 1.98. The summed E-state index contributed by atoms with van der Waals surface area (Å²) in [5.41, 5.74) is 4.39. The summed E-state index contributed by atoms with van der Waals surface area (Å²) in [7, 11) is 0. The minimum Gasteiger partial charge on any atom is -0.267 e. The molecule has 0 saturated heterocycles. The lowest BCUT2D eigenvalue weighted by Gasteiger charge is -2.03. The minimum atomic E-state index is -0.379. The molecular weight excluding hydrogens is 323 g/mol. The average molecular weight is 335 g/mol. The predicted molar refractivity (Wildman–Crippen MR) is 80.2 cm³/mol. The molecule has 0 aromatic heterocycles. The van der Waals surface area contributed by atoms with E-state index in [9.17, 15) is 9.18 Å². The van der Waals surface area contributed by atoms with Gasteiger partial charge in [0.1, 0.15) is 5.82 Å². The third kappa shape index (κ3) is 3.74. The number of rotatable bonds is 3. The molecule has 0 aliphatic heterocycles. The van der Waals surface area contributed by atoms with Crippen molar-refractivity contribution in [2.24, 2.45) is 5.10 Å². The Labute approximate surface area is 124 Å². The van der Waals surface area contributed by atoms with Gasteiger partial charge in [0.15, 0.2) is 0 Å². The maximum atomic E-state index is 12.8. The number of carbonyl (C=O) groups excluding carboxylic acids is 1. The molecule has 1 amide bonds. The number of halogens is 2. The third-order valence-electron chi connectivity index (χ3n) is 2.67. The van der Waals surface area contributed by atoms with Gasteiger partial charge in [0.25, 0.3) is 5.91 Å². The first-order chi connectivity index (χ1) is 9.56. The van der Waals surface area contributed by atoms with Crippen LogP contribution in [0.25, 0.3) is 0 Å². The van der Waals surface area contributed by atoms with Crippen molar-refractivity contribution in [1.29, 1.82) is 0 Å². The lowest BCUT2D eigenvalue weighted by molar-refractivity contribution is 0.0955. The molecule has 0 fully saturated rings. The molecule has 0 atom stereocenters. The molecule has 0 radical (unpaired) electrons. The van der Waals surface area contributed by atoms with Crippen LogP contribution in [0.1, 0.15) is 22.8 Å². The van der Waals surface area contributed by atoms with E-state index in [1.165, 1.54) is 24.3 Å². The van der Waals surface area contributed by atoms with E-state index in [-0.39, 0.29) is 11.7 Å². The van der Waals surface area contributed by atoms with Crippen LogP contribution in [0.4, 0.5) is 4.39 Å². The predicted octanol–water partition coefficient (Wildman–Crippen LogP) is 3.74. The van der Waals surface area contributed by atoms with Crippen LogP contribution in [0.15, 0.2) is 58.1 Å². The molecule has 0 unspecified atom stereocenters. The summed E-state index contributed by atoms with van der Waals surface area (Å²) in [6.45, 7) is 1.80. The fraction of sp³-hybridized carbons (Fsp3) is 0.0667. The molecule has 0 aliphatic rings. The summed E-state index contributed by atoms with van der Waals surface area (Å²) in [4.78, 5) is 11.8. The highest BCUT2D eigenvalue weighted by molar-refractivity contribution is 9.10. The summed E-state index contributed by atoms with van der Waals surface area (Å²) in [6.07, 6.45) is 0. The third-order valence-corrected chi connectivity index (χ3v) is 3.17. The van der Waals surface area contributed by atoms with Gasteiger partial charge in [0, 0.05) is 10.0 Å². The van der Waals surface area contributed by atoms with Gasteiger partial charge in [-0.05, 0) is 48.9 Å². The van der Waals surface area contributed by atoms with Crippen LogP contribution >= 0.6 is 15.9 Å². The van der Waals surface area contributed by atoms with E-state index in [0.29, 0.717) is 11.3 Å². The standard InChI is InChI=1S/C15H12BrFN2O/c1-10(12-3-2-4-13(16)9-12)18-19-15(20)11-5-7-14(17)8-6-11/h2-9H,1H3,(H,19,20)/b18-10+. The van der Waals surface area contributed by atoms with E-state index >= 15 is 0 Å². The van der Waals surface area contributed by atoms with E-state index in [1.807, 2.05) is 24.3 Å². The monoisotopic (exact) mass is 334 g/mol. The van der Waals surface area contributed by atoms with Crippen LogP contribution < -0.4 is 5.43 Å². The number of nitrogens with one attached hydrogen (secondary N) is 1. The Morgan fingerprint density at radius 2 is 1.85 bits per heavy atom. The Hall–Kier alpha value is -2.01. The summed E-state index contributed by atoms with van der Waals surface area (Å²) in [5, 5.41) is 4.04. The quantitative estimate of drug-likeness (QED) is 0.674. The molecule has 0 heterocycles. The number of hydrogen-bond acceptors (Lipinski definition) is 2. The molecule has 20 heavy (non-hydrogen) atoms. The summed E-state index contributed by atoms with van der Waals surface area (Å²) in [6, 6.07) is 12.9. The van der Waals surface area contributed by atoms with Gasteiger partial charge in [-0.15, -0.1) is 0 Å². The van der Waals surface area contributed by atoms with E-state index in [2.05, 4.69) is 26.5 Å². The molecule has 2 rings (SSSR count). The number of amides is 1.